The number of hydrogen-bond acceptors (Lipinski definition) is 0. The van der Waals surface area contributed by atoms with Gasteiger partial charge in [-0.15, -0.1) is 32.1 Å². The van der Waals surface area contributed by atoms with E-state index in [0.29, 0.717) is 0 Å². The molecule has 0 aromatic rings. The topological polar surface area (TPSA) is 0 Å². The van der Waals surface area contributed by atoms with Crippen molar-refractivity contribution in [1.29, 1.82) is 0 Å². The first-order valence-electron chi connectivity index (χ1n) is 6.19. The van der Waals surface area contributed by atoms with Crippen molar-refractivity contribution in [1.82, 2.24) is 0 Å². The highest BCUT2D eigenvalue weighted by atomic mass is 13.9. The van der Waals surface area contributed by atoms with Crippen LogP contribution in [-0.2, 0) is 0 Å². The number of unbranched alkanes of at least 4 members (excludes halogenated alkanes) is 5. The molecule has 0 aliphatic carbocycles. The Hall–Kier alpha value is -0.960. The Labute approximate surface area is 112 Å². The molecule has 0 fully saturated rings. The van der Waals surface area contributed by atoms with Gasteiger partial charge in [0.05, 0.1) is 0 Å². The Bertz CT molecular complexity index is 110. The molecule has 0 saturated carbocycles. The summed E-state index contributed by atoms with van der Waals surface area (Å²) in [5.41, 5.74) is 0. The molecule has 0 aliphatic rings. The lowest BCUT2D eigenvalue weighted by Crippen LogP contribution is -1.73. The van der Waals surface area contributed by atoms with Crippen molar-refractivity contribution in [2.24, 2.45) is 0 Å². The summed E-state index contributed by atoms with van der Waals surface area (Å²) >= 11 is 0. The van der Waals surface area contributed by atoms with Gasteiger partial charge in [-0.05, 0) is 13.8 Å². The van der Waals surface area contributed by atoms with E-state index >= 15 is 0 Å². The van der Waals surface area contributed by atoms with Gasteiger partial charge in [0.25, 0.3) is 0 Å². The molecule has 0 rings (SSSR count). The van der Waals surface area contributed by atoms with Crippen molar-refractivity contribution in [2.45, 2.75) is 73.6 Å². The lowest BCUT2D eigenvalue weighted by atomic mass is 10.1. The fourth-order valence-corrected chi connectivity index (χ4v) is 0.854. The van der Waals surface area contributed by atoms with Crippen LogP contribution in [0.1, 0.15) is 73.6 Å². The van der Waals surface area contributed by atoms with E-state index in [1.54, 1.807) is 13.0 Å². The Balaban J connectivity index is -0.0000000452. The fourth-order valence-electron chi connectivity index (χ4n) is 0.854. The van der Waals surface area contributed by atoms with Gasteiger partial charge in [-0.1, -0.05) is 65.9 Å². The zero-order valence-corrected chi connectivity index (χ0v) is 12.0. The molecule has 0 atom stereocenters. The Morgan fingerprint density at radius 1 is 1.00 bits per heavy atom. The summed E-state index contributed by atoms with van der Waals surface area (Å²) in [6.45, 7) is 17.4. The van der Waals surface area contributed by atoms with E-state index < -0.39 is 0 Å². The number of rotatable bonds is 5. The Morgan fingerprint density at radius 3 is 1.29 bits per heavy atom. The monoisotopic (exact) mass is 240 g/mol. The first kappa shape index (κ1) is 29.8. The molecular formula is C17H36. The predicted molar refractivity (Wildman–Crippen MR) is 87.4 cm³/mol. The van der Waals surface area contributed by atoms with E-state index in [1.807, 2.05) is 6.92 Å². The summed E-state index contributed by atoms with van der Waals surface area (Å²) in [6.07, 6.45) is 14.8. The second-order valence-electron chi connectivity index (χ2n) is 3.11. The SMILES string of the molecule is C.C#CC.C=C.C=CC.CCCCCCCC. The van der Waals surface area contributed by atoms with Gasteiger partial charge in [-0.25, -0.2) is 0 Å². The molecule has 0 aromatic carbocycles. The third-order valence-electron chi connectivity index (χ3n) is 1.46. The molecule has 0 aliphatic heterocycles. The van der Waals surface area contributed by atoms with Gasteiger partial charge >= 0.3 is 0 Å². The van der Waals surface area contributed by atoms with Crippen LogP contribution in [0, 0.1) is 12.3 Å². The zero-order valence-electron chi connectivity index (χ0n) is 12.0. The quantitative estimate of drug-likeness (QED) is 0.287. The van der Waals surface area contributed by atoms with Crippen LogP contribution in [-0.4, -0.2) is 0 Å². The third-order valence-corrected chi connectivity index (χ3v) is 1.46. The first-order valence-corrected chi connectivity index (χ1v) is 6.19. The summed E-state index contributed by atoms with van der Waals surface area (Å²) in [7, 11) is 0. The van der Waals surface area contributed by atoms with Gasteiger partial charge in [-0.3, -0.25) is 0 Å². The molecule has 0 heteroatoms. The minimum Gasteiger partial charge on any atom is -0.120 e. The van der Waals surface area contributed by atoms with Gasteiger partial charge in [0.1, 0.15) is 0 Å². The normalized spacial score (nSPS) is 6.06. The van der Waals surface area contributed by atoms with E-state index in [4.69, 9.17) is 0 Å². The average Bonchev–Trinajstić information content (AvgIpc) is 2.30. The third kappa shape index (κ3) is 157. The summed E-state index contributed by atoms with van der Waals surface area (Å²) in [4.78, 5) is 0. The highest BCUT2D eigenvalue weighted by Crippen LogP contribution is 2.03. The highest BCUT2D eigenvalue weighted by molar-refractivity contribution is 4.73. The maximum Gasteiger partial charge on any atom is -0.00297 e. The second kappa shape index (κ2) is 59.8. The lowest BCUT2D eigenvalue weighted by Gasteiger charge is -1.93. The van der Waals surface area contributed by atoms with Crippen molar-refractivity contribution in [3.05, 3.63) is 25.8 Å². The van der Waals surface area contributed by atoms with Gasteiger partial charge in [-0.2, -0.15) is 0 Å². The molecular weight excluding hydrogens is 204 g/mol. The van der Waals surface area contributed by atoms with Crippen LogP contribution in [0.25, 0.3) is 0 Å². The van der Waals surface area contributed by atoms with Gasteiger partial charge < -0.3 is 0 Å². The number of hydrogen-bond donors (Lipinski definition) is 0. The van der Waals surface area contributed by atoms with Crippen LogP contribution in [0.15, 0.2) is 25.8 Å². The molecule has 0 bridgehead atoms. The van der Waals surface area contributed by atoms with Crippen LogP contribution in [0.5, 0.6) is 0 Å². The molecule has 0 radical (unpaired) electrons. The van der Waals surface area contributed by atoms with Crippen LogP contribution in [0.4, 0.5) is 0 Å². The minimum atomic E-state index is 0. The van der Waals surface area contributed by atoms with Crippen LogP contribution in [0.3, 0.4) is 0 Å². The Kier molecular flexibility index (Phi) is 105. The lowest BCUT2D eigenvalue weighted by molar-refractivity contribution is 0.624. The summed E-state index contributed by atoms with van der Waals surface area (Å²) < 4.78 is 0. The van der Waals surface area contributed by atoms with Crippen molar-refractivity contribution in [3.8, 4) is 12.3 Å². The molecule has 0 heterocycles. The first-order chi connectivity index (χ1) is 7.74. The summed E-state index contributed by atoms with van der Waals surface area (Å²) in [6, 6.07) is 0. The van der Waals surface area contributed by atoms with Gasteiger partial charge in [0.2, 0.25) is 0 Å². The predicted octanol–water partition coefficient (Wildman–Crippen LogP) is 6.64. The van der Waals surface area contributed by atoms with Crippen LogP contribution >= 0.6 is 0 Å². The van der Waals surface area contributed by atoms with E-state index in [9.17, 15) is 0 Å². The van der Waals surface area contributed by atoms with Crippen LogP contribution in [0.2, 0.25) is 0 Å². The molecule has 17 heavy (non-hydrogen) atoms. The molecule has 104 valence electrons. The van der Waals surface area contributed by atoms with E-state index in [-0.39, 0.29) is 7.43 Å². The molecule has 0 unspecified atom stereocenters. The van der Waals surface area contributed by atoms with Gasteiger partial charge in [0, 0.05) is 0 Å². The number of terminal acetylenes is 1. The Morgan fingerprint density at radius 2 is 1.18 bits per heavy atom. The molecule has 0 N–H and O–H groups in total. The summed E-state index contributed by atoms with van der Waals surface area (Å²) in [5.74, 6) is 2.25. The molecule has 0 nitrogen and oxygen atoms in total. The standard InChI is InChI=1S/C8H18.C3H6.C3H4.C2H4.CH4/c1-3-5-7-8-6-4-2;2*1-3-2;1-2;/h3-8H2,1-2H3;3H,1H2,2H3;1H,2H3;1-2H2;1H4. The molecule has 0 saturated heterocycles. The minimum absolute atomic E-state index is 0. The van der Waals surface area contributed by atoms with Crippen molar-refractivity contribution >= 4 is 0 Å². The van der Waals surface area contributed by atoms with E-state index in [0.717, 1.165) is 0 Å². The maximum absolute atomic E-state index is 4.60. The fraction of sp³-hybridized carbons (Fsp3) is 0.647. The maximum atomic E-state index is 4.60. The van der Waals surface area contributed by atoms with E-state index in [1.165, 1.54) is 38.5 Å². The molecule has 0 spiro atoms. The van der Waals surface area contributed by atoms with Gasteiger partial charge in [0.15, 0.2) is 0 Å². The zero-order chi connectivity index (χ0) is 13.7. The molecule has 0 amide bonds. The number of allylic oxidation sites excluding steroid dienone is 1. The van der Waals surface area contributed by atoms with Crippen molar-refractivity contribution < 1.29 is 0 Å². The summed E-state index contributed by atoms with van der Waals surface area (Å²) in [5, 5.41) is 0. The van der Waals surface area contributed by atoms with E-state index in [2.05, 4.69) is 45.9 Å². The average molecular weight is 240 g/mol. The van der Waals surface area contributed by atoms with Crippen LogP contribution < -0.4 is 0 Å². The second-order valence-corrected chi connectivity index (χ2v) is 3.11. The largest absolute Gasteiger partial charge is 0.120 e. The smallest absolute Gasteiger partial charge is 0.00297 e. The molecule has 0 aromatic heterocycles. The van der Waals surface area contributed by atoms with Crippen molar-refractivity contribution in [2.75, 3.05) is 0 Å². The highest BCUT2D eigenvalue weighted by Gasteiger charge is 1.83. The van der Waals surface area contributed by atoms with Crippen molar-refractivity contribution in [3.63, 3.8) is 0 Å².